The van der Waals surface area contributed by atoms with E-state index in [1.165, 1.54) is 5.69 Å². The second-order valence-electron chi connectivity index (χ2n) is 5.81. The van der Waals surface area contributed by atoms with Crippen LogP contribution in [0.25, 0.3) is 0 Å². The predicted molar refractivity (Wildman–Crippen MR) is 85.8 cm³/mol. The molecule has 0 N–H and O–H groups in total. The number of carbonyl (C=O) groups is 1. The maximum atomic E-state index is 12.6. The van der Waals surface area contributed by atoms with E-state index in [1.807, 2.05) is 47.9 Å². The van der Waals surface area contributed by atoms with Gasteiger partial charge in [-0.15, -0.1) is 0 Å². The van der Waals surface area contributed by atoms with Crippen molar-refractivity contribution in [2.24, 2.45) is 7.05 Å². The van der Waals surface area contributed by atoms with Gasteiger partial charge in [0.05, 0.1) is 24.9 Å². The summed E-state index contributed by atoms with van der Waals surface area (Å²) in [6, 6.07) is 5.65. The van der Waals surface area contributed by atoms with Crippen molar-refractivity contribution in [3.05, 3.63) is 47.5 Å². The summed E-state index contributed by atoms with van der Waals surface area (Å²) in [6.45, 7) is 4.54. The molecular formula is C17H22N4O2. The minimum absolute atomic E-state index is 0.0969. The second-order valence-corrected chi connectivity index (χ2v) is 5.81. The Labute approximate surface area is 136 Å². The molecule has 1 aliphatic heterocycles. The lowest BCUT2D eigenvalue weighted by atomic mass is 9.96. The number of hydrogen-bond donors (Lipinski definition) is 0. The van der Waals surface area contributed by atoms with E-state index in [0.29, 0.717) is 32.7 Å². The summed E-state index contributed by atoms with van der Waals surface area (Å²) in [5.74, 6) is 0.263. The molecule has 3 heterocycles. The summed E-state index contributed by atoms with van der Waals surface area (Å²) in [4.78, 5) is 18.8. The van der Waals surface area contributed by atoms with Crippen LogP contribution in [-0.4, -0.2) is 45.3 Å². The fourth-order valence-electron chi connectivity index (χ4n) is 3.11. The van der Waals surface area contributed by atoms with Gasteiger partial charge in [0.15, 0.2) is 0 Å². The van der Waals surface area contributed by atoms with Crippen molar-refractivity contribution in [1.29, 1.82) is 0 Å². The van der Waals surface area contributed by atoms with Crippen LogP contribution in [0.3, 0.4) is 0 Å². The maximum Gasteiger partial charge on any atom is 0.228 e. The summed E-state index contributed by atoms with van der Waals surface area (Å²) in [6.07, 6.45) is 3.90. The molecule has 122 valence electrons. The molecule has 6 heteroatoms. The van der Waals surface area contributed by atoms with Crippen molar-refractivity contribution >= 4 is 5.91 Å². The quantitative estimate of drug-likeness (QED) is 0.839. The zero-order chi connectivity index (χ0) is 16.2. The van der Waals surface area contributed by atoms with E-state index >= 15 is 0 Å². The molecule has 0 saturated heterocycles. The fourth-order valence-corrected chi connectivity index (χ4v) is 3.11. The summed E-state index contributed by atoms with van der Waals surface area (Å²) in [5, 5.41) is 4.35. The molecule has 0 aromatic carbocycles. The second kappa shape index (κ2) is 6.91. The van der Waals surface area contributed by atoms with Gasteiger partial charge in [-0.3, -0.25) is 14.5 Å². The molecule has 0 aliphatic carbocycles. The van der Waals surface area contributed by atoms with Crippen LogP contribution in [0.2, 0.25) is 0 Å². The first-order valence-electron chi connectivity index (χ1n) is 7.95. The Hall–Kier alpha value is -2.21. The summed E-state index contributed by atoms with van der Waals surface area (Å²) >= 11 is 0. The molecule has 0 saturated carbocycles. The lowest BCUT2D eigenvalue weighted by molar-refractivity contribution is -0.132. The van der Waals surface area contributed by atoms with Gasteiger partial charge in [-0.1, -0.05) is 6.07 Å². The van der Waals surface area contributed by atoms with Crippen LogP contribution in [-0.2, 0) is 29.5 Å². The van der Waals surface area contributed by atoms with Crippen LogP contribution in [0.15, 0.2) is 30.6 Å². The number of fused-ring (bicyclic) bond motifs is 1. The highest BCUT2D eigenvalue weighted by molar-refractivity contribution is 5.78. The van der Waals surface area contributed by atoms with Gasteiger partial charge in [0, 0.05) is 50.1 Å². The highest BCUT2D eigenvalue weighted by Crippen LogP contribution is 2.28. The van der Waals surface area contributed by atoms with Gasteiger partial charge < -0.3 is 9.64 Å². The average molecular weight is 314 g/mol. The molecule has 0 spiro atoms. The maximum absolute atomic E-state index is 12.6. The first-order valence-corrected chi connectivity index (χ1v) is 7.95. The average Bonchev–Trinajstić information content (AvgIpc) is 2.95. The standard InChI is InChI=1S/C17H22N4O2/c1-3-23-12-14-11-21(10-13-9-19-20(2)17(13)14)16(22)8-15-6-4-5-7-18-15/h4-7,9,14H,3,8,10-12H2,1-2H3/t14-/m0/s1. The third kappa shape index (κ3) is 3.42. The van der Waals surface area contributed by atoms with Crippen LogP contribution in [0.5, 0.6) is 0 Å². The Morgan fingerprint density at radius 3 is 3.04 bits per heavy atom. The predicted octanol–water partition coefficient (Wildman–Crippen LogP) is 1.52. The van der Waals surface area contributed by atoms with Gasteiger partial charge in [0.2, 0.25) is 5.91 Å². The van der Waals surface area contributed by atoms with Crippen molar-refractivity contribution in [2.75, 3.05) is 19.8 Å². The molecule has 0 bridgehead atoms. The van der Waals surface area contributed by atoms with Gasteiger partial charge in [0.25, 0.3) is 0 Å². The van der Waals surface area contributed by atoms with Gasteiger partial charge in [-0.05, 0) is 19.1 Å². The Balaban J connectivity index is 1.75. The van der Waals surface area contributed by atoms with Gasteiger partial charge in [-0.2, -0.15) is 5.10 Å². The molecule has 0 unspecified atom stereocenters. The molecule has 3 rings (SSSR count). The van der Waals surface area contributed by atoms with Crippen LogP contribution in [0.4, 0.5) is 0 Å². The summed E-state index contributed by atoms with van der Waals surface area (Å²) in [7, 11) is 1.95. The largest absolute Gasteiger partial charge is 0.381 e. The molecule has 6 nitrogen and oxygen atoms in total. The first kappa shape index (κ1) is 15.7. The van der Waals surface area contributed by atoms with Crippen molar-refractivity contribution in [3.8, 4) is 0 Å². The number of rotatable bonds is 5. The normalized spacial score (nSPS) is 17.1. The number of hydrogen-bond acceptors (Lipinski definition) is 4. The number of carbonyl (C=O) groups excluding carboxylic acids is 1. The molecule has 2 aromatic rings. The SMILES string of the molecule is CCOC[C@@H]1CN(C(=O)Cc2ccccn2)Cc2cnn(C)c21. The number of nitrogens with zero attached hydrogens (tertiary/aromatic N) is 4. The molecule has 23 heavy (non-hydrogen) atoms. The van der Waals surface area contributed by atoms with Crippen LogP contribution >= 0.6 is 0 Å². The Morgan fingerprint density at radius 2 is 2.30 bits per heavy atom. The Kier molecular flexibility index (Phi) is 4.71. The fraction of sp³-hybridized carbons (Fsp3) is 0.471. The van der Waals surface area contributed by atoms with Crippen molar-refractivity contribution in [1.82, 2.24) is 19.7 Å². The third-order valence-corrected chi connectivity index (χ3v) is 4.19. The monoisotopic (exact) mass is 314 g/mol. The zero-order valence-electron chi connectivity index (χ0n) is 13.6. The molecular weight excluding hydrogens is 292 g/mol. The number of pyridine rings is 1. The van der Waals surface area contributed by atoms with Crippen LogP contribution < -0.4 is 0 Å². The third-order valence-electron chi connectivity index (χ3n) is 4.19. The minimum Gasteiger partial charge on any atom is -0.381 e. The number of amides is 1. The smallest absolute Gasteiger partial charge is 0.228 e. The van der Waals surface area contributed by atoms with E-state index in [9.17, 15) is 4.79 Å². The van der Waals surface area contributed by atoms with Crippen molar-refractivity contribution in [2.45, 2.75) is 25.8 Å². The van der Waals surface area contributed by atoms with E-state index in [2.05, 4.69) is 10.1 Å². The highest BCUT2D eigenvalue weighted by atomic mass is 16.5. The van der Waals surface area contributed by atoms with E-state index in [-0.39, 0.29) is 11.8 Å². The van der Waals surface area contributed by atoms with Crippen LogP contribution in [0.1, 0.15) is 29.8 Å². The van der Waals surface area contributed by atoms with Gasteiger partial charge in [-0.25, -0.2) is 0 Å². The molecule has 1 amide bonds. The summed E-state index contributed by atoms with van der Waals surface area (Å²) < 4.78 is 7.51. The minimum atomic E-state index is 0.0969. The van der Waals surface area contributed by atoms with E-state index in [0.717, 1.165) is 11.3 Å². The van der Waals surface area contributed by atoms with E-state index in [1.54, 1.807) is 6.20 Å². The summed E-state index contributed by atoms with van der Waals surface area (Å²) in [5.41, 5.74) is 3.09. The van der Waals surface area contributed by atoms with Gasteiger partial charge >= 0.3 is 0 Å². The first-order chi connectivity index (χ1) is 11.2. The van der Waals surface area contributed by atoms with Gasteiger partial charge in [0.1, 0.15) is 0 Å². The molecule has 0 radical (unpaired) electrons. The number of aromatic nitrogens is 3. The van der Waals surface area contributed by atoms with Crippen molar-refractivity contribution in [3.63, 3.8) is 0 Å². The number of ether oxygens (including phenoxy) is 1. The molecule has 0 fully saturated rings. The zero-order valence-corrected chi connectivity index (χ0v) is 13.6. The lowest BCUT2D eigenvalue weighted by Crippen LogP contribution is -2.40. The molecule has 2 aromatic heterocycles. The number of aryl methyl sites for hydroxylation is 1. The lowest BCUT2D eigenvalue weighted by Gasteiger charge is -2.33. The topological polar surface area (TPSA) is 60.2 Å². The van der Waals surface area contributed by atoms with Crippen LogP contribution in [0, 0.1) is 0 Å². The molecule has 1 aliphatic rings. The van der Waals surface area contributed by atoms with Crippen molar-refractivity contribution < 1.29 is 9.53 Å². The Bertz CT molecular complexity index is 668. The molecule has 1 atom stereocenters. The Morgan fingerprint density at radius 1 is 1.43 bits per heavy atom. The highest BCUT2D eigenvalue weighted by Gasteiger charge is 2.31. The van der Waals surface area contributed by atoms with E-state index < -0.39 is 0 Å². The van der Waals surface area contributed by atoms with E-state index in [4.69, 9.17) is 4.74 Å².